The number of halogens is 2. The molecule has 1 atom stereocenters. The van der Waals surface area contributed by atoms with Crippen LogP contribution in [-0.2, 0) is 0 Å². The van der Waals surface area contributed by atoms with E-state index in [0.717, 1.165) is 22.6 Å². The summed E-state index contributed by atoms with van der Waals surface area (Å²) >= 11 is 6.23. The van der Waals surface area contributed by atoms with Gasteiger partial charge in [-0.15, -0.1) is 11.6 Å². The molecule has 0 aliphatic rings. The van der Waals surface area contributed by atoms with Gasteiger partial charge in [0.2, 0.25) is 0 Å². The Morgan fingerprint density at radius 3 is 2.70 bits per heavy atom. The Hall–Kier alpha value is -1.87. The quantitative estimate of drug-likeness (QED) is 0.621. The van der Waals surface area contributed by atoms with Gasteiger partial charge in [-0.2, -0.15) is 0 Å². The van der Waals surface area contributed by atoms with Gasteiger partial charge >= 0.3 is 0 Å². The van der Waals surface area contributed by atoms with Crippen molar-refractivity contribution in [2.45, 2.75) is 19.2 Å². The minimum absolute atomic E-state index is 0.258. The van der Waals surface area contributed by atoms with E-state index in [0.29, 0.717) is 5.52 Å². The van der Waals surface area contributed by atoms with Crippen LogP contribution in [0.5, 0.6) is 0 Å². The van der Waals surface area contributed by atoms with Gasteiger partial charge in [0, 0.05) is 11.8 Å². The maximum atomic E-state index is 13.4. The third-order valence-corrected chi connectivity index (χ3v) is 3.45. The number of imidazole rings is 1. The molecular weight excluding hydrogens is 275 g/mol. The van der Waals surface area contributed by atoms with E-state index >= 15 is 0 Å². The first-order chi connectivity index (χ1) is 9.56. The summed E-state index contributed by atoms with van der Waals surface area (Å²) in [5.74, 6) is 0.429. The number of alkyl halides is 1. The van der Waals surface area contributed by atoms with E-state index in [4.69, 9.17) is 11.6 Å². The van der Waals surface area contributed by atoms with Gasteiger partial charge in [-0.05, 0) is 43.7 Å². The standard InChI is InChI=1S/C16H14ClFN2/c1-10-4-3-5-13(8-10)20-15-7-6-12(18)9-14(15)19-16(20)11(2)17/h3-9,11H,1-2H3. The Labute approximate surface area is 121 Å². The largest absolute Gasteiger partial charge is 0.295 e. The molecule has 0 saturated carbocycles. The van der Waals surface area contributed by atoms with E-state index in [1.54, 1.807) is 6.07 Å². The van der Waals surface area contributed by atoms with Crippen molar-refractivity contribution < 1.29 is 4.39 Å². The Balaban J connectivity index is 2.34. The maximum Gasteiger partial charge on any atom is 0.132 e. The zero-order valence-electron chi connectivity index (χ0n) is 11.3. The highest BCUT2D eigenvalue weighted by Crippen LogP contribution is 2.28. The van der Waals surface area contributed by atoms with E-state index in [-0.39, 0.29) is 11.2 Å². The first kappa shape index (κ1) is 13.1. The number of fused-ring (bicyclic) bond motifs is 1. The van der Waals surface area contributed by atoms with Crippen LogP contribution in [0.2, 0.25) is 0 Å². The fraction of sp³-hybridized carbons (Fsp3) is 0.188. The van der Waals surface area contributed by atoms with Crippen LogP contribution in [0.4, 0.5) is 4.39 Å². The minimum atomic E-state index is -0.292. The zero-order chi connectivity index (χ0) is 14.3. The predicted octanol–water partition coefficient (Wildman–Crippen LogP) is 4.77. The van der Waals surface area contributed by atoms with Crippen molar-refractivity contribution in [3.05, 3.63) is 59.7 Å². The van der Waals surface area contributed by atoms with Crippen LogP contribution in [0, 0.1) is 12.7 Å². The van der Waals surface area contributed by atoms with Crippen molar-refractivity contribution >= 4 is 22.6 Å². The molecule has 3 aromatic rings. The van der Waals surface area contributed by atoms with Crippen molar-refractivity contribution in [3.63, 3.8) is 0 Å². The van der Waals surface area contributed by atoms with E-state index in [2.05, 4.69) is 11.1 Å². The van der Waals surface area contributed by atoms with Crippen molar-refractivity contribution in [2.24, 2.45) is 0 Å². The second-order valence-corrected chi connectivity index (χ2v) is 5.55. The highest BCUT2D eigenvalue weighted by molar-refractivity contribution is 6.20. The molecule has 20 heavy (non-hydrogen) atoms. The maximum absolute atomic E-state index is 13.4. The Morgan fingerprint density at radius 1 is 1.20 bits per heavy atom. The molecule has 4 heteroatoms. The van der Waals surface area contributed by atoms with Crippen LogP contribution in [0.15, 0.2) is 42.5 Å². The Morgan fingerprint density at radius 2 is 2.00 bits per heavy atom. The summed E-state index contributed by atoms with van der Waals surface area (Å²) in [7, 11) is 0. The van der Waals surface area contributed by atoms with Gasteiger partial charge in [0.05, 0.1) is 16.4 Å². The molecule has 2 aromatic carbocycles. The van der Waals surface area contributed by atoms with Crippen LogP contribution in [0.25, 0.3) is 16.7 Å². The lowest BCUT2D eigenvalue weighted by atomic mass is 10.2. The van der Waals surface area contributed by atoms with Crippen molar-refractivity contribution in [3.8, 4) is 5.69 Å². The molecule has 0 aliphatic carbocycles. The van der Waals surface area contributed by atoms with E-state index in [9.17, 15) is 4.39 Å². The Bertz CT molecular complexity index is 777. The molecule has 0 amide bonds. The fourth-order valence-corrected chi connectivity index (χ4v) is 2.52. The Kier molecular flexibility index (Phi) is 3.22. The third kappa shape index (κ3) is 2.18. The summed E-state index contributed by atoms with van der Waals surface area (Å²) in [6.45, 7) is 3.90. The smallest absolute Gasteiger partial charge is 0.132 e. The van der Waals surface area contributed by atoms with Gasteiger partial charge in [-0.25, -0.2) is 9.37 Å². The lowest BCUT2D eigenvalue weighted by Gasteiger charge is -2.11. The molecule has 0 saturated heterocycles. The number of nitrogens with zero attached hydrogens (tertiary/aromatic N) is 2. The highest BCUT2D eigenvalue weighted by Gasteiger charge is 2.16. The van der Waals surface area contributed by atoms with Gasteiger partial charge < -0.3 is 0 Å². The lowest BCUT2D eigenvalue weighted by Crippen LogP contribution is -2.02. The summed E-state index contributed by atoms with van der Waals surface area (Å²) in [6.07, 6.45) is 0. The van der Waals surface area contributed by atoms with E-state index < -0.39 is 0 Å². The number of aryl methyl sites for hydroxylation is 1. The third-order valence-electron chi connectivity index (χ3n) is 3.26. The van der Waals surface area contributed by atoms with Gasteiger partial charge in [0.15, 0.2) is 0 Å². The number of hydrogen-bond acceptors (Lipinski definition) is 1. The first-order valence-corrected chi connectivity index (χ1v) is 6.89. The van der Waals surface area contributed by atoms with Gasteiger partial charge in [0.25, 0.3) is 0 Å². The van der Waals surface area contributed by atoms with E-state index in [1.807, 2.05) is 36.6 Å². The summed E-state index contributed by atoms with van der Waals surface area (Å²) in [6, 6.07) is 12.7. The summed E-state index contributed by atoms with van der Waals surface area (Å²) in [5.41, 5.74) is 3.62. The average molecular weight is 289 g/mol. The van der Waals surface area contributed by atoms with Gasteiger partial charge in [0.1, 0.15) is 11.6 Å². The second-order valence-electron chi connectivity index (χ2n) is 4.89. The number of aromatic nitrogens is 2. The summed E-state index contributed by atoms with van der Waals surface area (Å²) < 4.78 is 15.3. The van der Waals surface area contributed by atoms with Crippen molar-refractivity contribution in [2.75, 3.05) is 0 Å². The zero-order valence-corrected chi connectivity index (χ0v) is 12.0. The average Bonchev–Trinajstić information content (AvgIpc) is 2.77. The number of rotatable bonds is 2. The normalized spacial score (nSPS) is 12.8. The van der Waals surface area contributed by atoms with Crippen LogP contribution in [0.3, 0.4) is 0 Å². The molecule has 1 unspecified atom stereocenters. The number of benzene rings is 2. The SMILES string of the molecule is Cc1cccc(-n2c(C(C)Cl)nc3cc(F)ccc32)c1. The molecule has 1 aromatic heterocycles. The molecule has 0 spiro atoms. The van der Waals surface area contributed by atoms with E-state index in [1.165, 1.54) is 12.1 Å². The molecule has 3 rings (SSSR count). The molecule has 0 N–H and O–H groups in total. The summed E-state index contributed by atoms with van der Waals surface area (Å²) in [4.78, 5) is 4.47. The minimum Gasteiger partial charge on any atom is -0.295 e. The molecule has 1 heterocycles. The van der Waals surface area contributed by atoms with Gasteiger partial charge in [-0.3, -0.25) is 4.57 Å². The van der Waals surface area contributed by atoms with Gasteiger partial charge in [-0.1, -0.05) is 12.1 Å². The highest BCUT2D eigenvalue weighted by atomic mass is 35.5. The molecular formula is C16H14ClFN2. The van der Waals surface area contributed by atoms with Crippen molar-refractivity contribution in [1.29, 1.82) is 0 Å². The van der Waals surface area contributed by atoms with Crippen molar-refractivity contribution in [1.82, 2.24) is 9.55 Å². The van der Waals surface area contributed by atoms with Crippen LogP contribution in [-0.4, -0.2) is 9.55 Å². The summed E-state index contributed by atoms with van der Waals surface area (Å²) in [5, 5.41) is -0.258. The lowest BCUT2D eigenvalue weighted by molar-refractivity contribution is 0.629. The molecule has 102 valence electrons. The monoisotopic (exact) mass is 288 g/mol. The topological polar surface area (TPSA) is 17.8 Å². The second kappa shape index (κ2) is 4.91. The first-order valence-electron chi connectivity index (χ1n) is 6.45. The number of hydrogen-bond donors (Lipinski definition) is 0. The van der Waals surface area contributed by atoms with Crippen LogP contribution >= 0.6 is 11.6 Å². The predicted molar refractivity (Wildman–Crippen MR) is 80.0 cm³/mol. The molecule has 0 aliphatic heterocycles. The molecule has 0 bridgehead atoms. The molecule has 0 fully saturated rings. The van der Waals surface area contributed by atoms with Crippen LogP contribution in [0.1, 0.15) is 23.7 Å². The van der Waals surface area contributed by atoms with Crippen LogP contribution < -0.4 is 0 Å². The molecule has 0 radical (unpaired) electrons. The fourth-order valence-electron chi connectivity index (χ4n) is 2.38. The molecule has 2 nitrogen and oxygen atoms in total.